The highest BCUT2D eigenvalue weighted by Gasteiger charge is 2.54. The van der Waals surface area contributed by atoms with Gasteiger partial charge in [0.05, 0.1) is 5.41 Å². The molecule has 0 atom stereocenters. The minimum Gasteiger partial charge on any atom is -0.325 e. The number of nitrogens with one attached hydrogen (secondary N) is 1. The fraction of sp³-hybridized carbons (Fsp3) is 0.611. The molecule has 0 heterocycles. The van der Waals surface area contributed by atoms with Gasteiger partial charge in [-0.1, -0.05) is 17.2 Å². The van der Waals surface area contributed by atoms with Gasteiger partial charge in [0.2, 0.25) is 5.91 Å². The highest BCUT2D eigenvalue weighted by atomic mass is 16.2. The molecule has 5 heteroatoms. The van der Waals surface area contributed by atoms with Crippen molar-refractivity contribution in [2.45, 2.75) is 45.4 Å². The molecule has 0 saturated heterocycles. The van der Waals surface area contributed by atoms with E-state index < -0.39 is 0 Å². The van der Waals surface area contributed by atoms with Gasteiger partial charge < -0.3 is 5.32 Å². The van der Waals surface area contributed by atoms with Crippen LogP contribution in [-0.2, 0) is 4.79 Å². The van der Waals surface area contributed by atoms with Crippen LogP contribution in [0.2, 0.25) is 0 Å². The van der Waals surface area contributed by atoms with Gasteiger partial charge in [-0.3, -0.25) is 4.79 Å². The summed E-state index contributed by atoms with van der Waals surface area (Å²) in [6.07, 6.45) is 7.16. The van der Waals surface area contributed by atoms with Crippen molar-refractivity contribution < 1.29 is 4.79 Å². The third kappa shape index (κ3) is 2.49. The normalized spacial score (nSPS) is 34.0. The second-order valence-electron chi connectivity index (χ2n) is 7.84. The number of anilines is 1. The molecule has 120 valence electrons. The summed E-state index contributed by atoms with van der Waals surface area (Å²) in [6, 6.07) is 5.43. The van der Waals surface area contributed by atoms with E-state index in [9.17, 15) is 4.79 Å². The molecule has 4 saturated carbocycles. The minimum atomic E-state index is -0.157. The lowest BCUT2D eigenvalue weighted by atomic mass is 9.49. The maximum atomic E-state index is 13.1. The predicted molar refractivity (Wildman–Crippen MR) is 89.2 cm³/mol. The number of benzene rings is 1. The summed E-state index contributed by atoms with van der Waals surface area (Å²) < 4.78 is 0. The van der Waals surface area contributed by atoms with E-state index in [2.05, 4.69) is 15.3 Å². The van der Waals surface area contributed by atoms with Crippen molar-refractivity contribution in [1.82, 2.24) is 0 Å². The molecule has 0 aliphatic heterocycles. The molecule has 1 aromatic carbocycles. The Morgan fingerprint density at radius 2 is 1.83 bits per heavy atom. The number of rotatable bonds is 3. The molecule has 23 heavy (non-hydrogen) atoms. The van der Waals surface area contributed by atoms with Gasteiger partial charge >= 0.3 is 0 Å². The molecule has 4 bridgehead atoms. The van der Waals surface area contributed by atoms with Gasteiger partial charge in [0, 0.05) is 16.3 Å². The van der Waals surface area contributed by atoms with Crippen LogP contribution in [0.4, 0.5) is 11.4 Å². The second-order valence-corrected chi connectivity index (χ2v) is 7.84. The van der Waals surface area contributed by atoms with E-state index in [1.54, 1.807) is 12.1 Å². The maximum absolute atomic E-state index is 13.1. The van der Waals surface area contributed by atoms with Crippen LogP contribution in [0.3, 0.4) is 0 Å². The number of carbonyl (C=O) groups is 1. The first-order valence-electron chi connectivity index (χ1n) is 8.55. The van der Waals surface area contributed by atoms with Crippen LogP contribution < -0.4 is 5.32 Å². The monoisotopic (exact) mass is 310 g/mol. The zero-order chi connectivity index (χ0) is 16.0. The fourth-order valence-electron chi connectivity index (χ4n) is 5.50. The molecular weight excluding hydrogens is 288 g/mol. The lowest BCUT2D eigenvalue weighted by Gasteiger charge is -2.55. The Kier molecular flexibility index (Phi) is 3.34. The van der Waals surface area contributed by atoms with Crippen molar-refractivity contribution in [3.05, 3.63) is 34.2 Å². The summed E-state index contributed by atoms with van der Waals surface area (Å²) in [6.45, 7) is 1.97. The van der Waals surface area contributed by atoms with E-state index in [1.807, 2.05) is 13.0 Å². The molecule has 1 aromatic rings. The van der Waals surface area contributed by atoms with E-state index in [-0.39, 0.29) is 11.3 Å². The van der Waals surface area contributed by atoms with Crippen LogP contribution in [0.25, 0.3) is 10.4 Å². The fourth-order valence-corrected chi connectivity index (χ4v) is 5.50. The molecule has 1 N–H and O–H groups in total. The summed E-state index contributed by atoms with van der Waals surface area (Å²) in [5.74, 6) is 2.44. The molecule has 4 aliphatic carbocycles. The maximum Gasteiger partial charge on any atom is 0.230 e. The molecule has 4 fully saturated rings. The smallest absolute Gasteiger partial charge is 0.230 e. The summed E-state index contributed by atoms with van der Waals surface area (Å²) in [7, 11) is 0. The van der Waals surface area contributed by atoms with E-state index in [0.29, 0.717) is 5.69 Å². The number of azide groups is 1. The summed E-state index contributed by atoms with van der Waals surface area (Å²) in [5, 5.41) is 6.78. The first-order chi connectivity index (χ1) is 11.1. The summed E-state index contributed by atoms with van der Waals surface area (Å²) in [4.78, 5) is 15.9. The van der Waals surface area contributed by atoms with Crippen molar-refractivity contribution in [3.8, 4) is 0 Å². The number of carbonyl (C=O) groups excluding carboxylic acids is 1. The third-order valence-electron chi connectivity index (χ3n) is 6.15. The summed E-state index contributed by atoms with van der Waals surface area (Å²) in [5.41, 5.74) is 10.7. The Morgan fingerprint density at radius 3 is 2.39 bits per heavy atom. The minimum absolute atomic E-state index is 0.157. The van der Waals surface area contributed by atoms with Crippen LogP contribution in [0.5, 0.6) is 0 Å². The average molecular weight is 310 g/mol. The SMILES string of the molecule is Cc1ccc(N=[N+]=[N-])cc1NC(=O)C12CC3CC(CC(C3)C1)C2. The molecule has 0 unspecified atom stereocenters. The number of amides is 1. The van der Waals surface area contributed by atoms with E-state index >= 15 is 0 Å². The van der Waals surface area contributed by atoms with E-state index in [1.165, 1.54) is 19.3 Å². The first kappa shape index (κ1) is 14.6. The molecule has 5 rings (SSSR count). The first-order valence-corrected chi connectivity index (χ1v) is 8.55. The lowest BCUT2D eigenvalue weighted by molar-refractivity contribution is -0.140. The predicted octanol–water partition coefficient (Wildman–Crippen LogP) is 5.09. The molecule has 4 aliphatic rings. The molecule has 1 amide bonds. The van der Waals surface area contributed by atoms with Gasteiger partial charge in [-0.05, 0) is 80.4 Å². The second kappa shape index (κ2) is 5.27. The van der Waals surface area contributed by atoms with Gasteiger partial charge in [-0.25, -0.2) is 0 Å². The Balaban J connectivity index is 1.58. The summed E-state index contributed by atoms with van der Waals surface area (Å²) >= 11 is 0. The Bertz CT molecular complexity index is 670. The van der Waals surface area contributed by atoms with Crippen LogP contribution in [-0.4, -0.2) is 5.91 Å². The van der Waals surface area contributed by atoms with Gasteiger partial charge in [-0.15, -0.1) is 0 Å². The Labute approximate surface area is 136 Å². The van der Waals surface area contributed by atoms with E-state index in [0.717, 1.165) is 48.3 Å². The third-order valence-corrected chi connectivity index (χ3v) is 6.15. The van der Waals surface area contributed by atoms with Crippen molar-refractivity contribution >= 4 is 17.3 Å². The van der Waals surface area contributed by atoms with Crippen molar-refractivity contribution in [1.29, 1.82) is 0 Å². The molecule has 5 nitrogen and oxygen atoms in total. The average Bonchev–Trinajstić information content (AvgIpc) is 2.49. The van der Waals surface area contributed by atoms with Crippen LogP contribution in [0.1, 0.15) is 44.1 Å². The molecular formula is C18H22N4O. The molecule has 0 spiro atoms. The van der Waals surface area contributed by atoms with Gasteiger partial charge in [0.1, 0.15) is 0 Å². The zero-order valence-corrected chi connectivity index (χ0v) is 13.5. The number of hydrogen-bond donors (Lipinski definition) is 1. The van der Waals surface area contributed by atoms with Gasteiger partial charge in [-0.2, -0.15) is 0 Å². The highest BCUT2D eigenvalue weighted by Crippen LogP contribution is 2.60. The van der Waals surface area contributed by atoms with Crippen molar-refractivity contribution in [2.75, 3.05) is 5.32 Å². The standard InChI is InChI=1S/C18H22N4O/c1-11-2-3-15(21-22-19)7-16(11)20-17(23)18-8-12-4-13(9-18)6-14(5-12)10-18/h2-3,7,12-14H,4-6,8-10H2,1H3,(H,20,23). The lowest BCUT2D eigenvalue weighted by Crippen LogP contribution is -2.51. The number of aryl methyl sites for hydroxylation is 1. The largest absolute Gasteiger partial charge is 0.325 e. The molecule has 0 aromatic heterocycles. The van der Waals surface area contributed by atoms with Crippen LogP contribution in [0, 0.1) is 30.1 Å². The topological polar surface area (TPSA) is 77.9 Å². The molecule has 0 radical (unpaired) electrons. The van der Waals surface area contributed by atoms with Gasteiger partial charge in [0.15, 0.2) is 0 Å². The van der Waals surface area contributed by atoms with Crippen LogP contribution >= 0.6 is 0 Å². The quantitative estimate of drug-likeness (QED) is 0.471. The highest BCUT2D eigenvalue weighted by molar-refractivity contribution is 5.96. The van der Waals surface area contributed by atoms with Crippen molar-refractivity contribution in [2.24, 2.45) is 28.3 Å². The van der Waals surface area contributed by atoms with Gasteiger partial charge in [0.25, 0.3) is 0 Å². The number of nitrogens with zero attached hydrogens (tertiary/aromatic N) is 3. The number of hydrogen-bond acceptors (Lipinski definition) is 2. The Hall–Kier alpha value is -2.00. The zero-order valence-electron chi connectivity index (χ0n) is 13.5. The Morgan fingerprint density at radius 1 is 1.22 bits per heavy atom. The van der Waals surface area contributed by atoms with E-state index in [4.69, 9.17) is 5.53 Å². The van der Waals surface area contributed by atoms with Crippen LogP contribution in [0.15, 0.2) is 23.3 Å². The van der Waals surface area contributed by atoms with Crippen molar-refractivity contribution in [3.63, 3.8) is 0 Å².